The van der Waals surface area contributed by atoms with Crippen molar-refractivity contribution < 1.29 is 5.11 Å². The second kappa shape index (κ2) is 5.68. The maximum absolute atomic E-state index is 10.6. The van der Waals surface area contributed by atoms with Gasteiger partial charge in [0.05, 0.1) is 11.1 Å². The molecule has 19 heavy (non-hydrogen) atoms. The number of pyridine rings is 1. The van der Waals surface area contributed by atoms with Gasteiger partial charge in [0.15, 0.2) is 0 Å². The third-order valence-corrected chi connectivity index (χ3v) is 3.25. The van der Waals surface area contributed by atoms with Crippen LogP contribution in [0.15, 0.2) is 36.5 Å². The maximum atomic E-state index is 10.6. The summed E-state index contributed by atoms with van der Waals surface area (Å²) < 4.78 is 0. The summed E-state index contributed by atoms with van der Waals surface area (Å²) in [4.78, 5) is 4.29. The number of benzene rings is 1. The van der Waals surface area contributed by atoms with E-state index in [0.29, 0.717) is 12.5 Å². The number of aliphatic hydroxyl groups is 1. The van der Waals surface area contributed by atoms with E-state index in [1.165, 1.54) is 0 Å². The van der Waals surface area contributed by atoms with Crippen LogP contribution in [0, 0.1) is 5.92 Å². The third kappa shape index (κ3) is 3.52. The Kier molecular flexibility index (Phi) is 4.17. The molecule has 1 heterocycles. The summed E-state index contributed by atoms with van der Waals surface area (Å²) in [6.45, 7) is 7.62. The first-order valence-corrected chi connectivity index (χ1v) is 6.77. The number of aromatic nitrogens is 1. The SMILES string of the molecule is CC(C)CNCC(C)(O)c1ccc2ncccc2c1. The topological polar surface area (TPSA) is 45.1 Å². The molecule has 1 unspecified atom stereocenters. The summed E-state index contributed by atoms with van der Waals surface area (Å²) in [5, 5.41) is 14.9. The van der Waals surface area contributed by atoms with Crippen molar-refractivity contribution in [1.29, 1.82) is 0 Å². The number of hydrogen-bond donors (Lipinski definition) is 2. The van der Waals surface area contributed by atoms with Gasteiger partial charge in [-0.2, -0.15) is 0 Å². The van der Waals surface area contributed by atoms with Crippen molar-refractivity contribution in [3.05, 3.63) is 42.1 Å². The third-order valence-electron chi connectivity index (χ3n) is 3.25. The predicted molar refractivity (Wildman–Crippen MR) is 79.0 cm³/mol. The molecule has 0 fully saturated rings. The lowest BCUT2D eigenvalue weighted by Gasteiger charge is -2.25. The first kappa shape index (κ1) is 14.0. The van der Waals surface area contributed by atoms with Gasteiger partial charge in [-0.3, -0.25) is 4.98 Å². The molecule has 0 bridgehead atoms. The van der Waals surface area contributed by atoms with E-state index in [1.807, 2.05) is 37.3 Å². The molecule has 0 saturated carbocycles. The molecule has 1 aromatic carbocycles. The van der Waals surface area contributed by atoms with Crippen LogP contribution in [0.3, 0.4) is 0 Å². The molecule has 0 radical (unpaired) electrons. The number of fused-ring (bicyclic) bond motifs is 1. The second-order valence-electron chi connectivity index (χ2n) is 5.71. The summed E-state index contributed by atoms with van der Waals surface area (Å²) >= 11 is 0. The van der Waals surface area contributed by atoms with Crippen LogP contribution in [-0.2, 0) is 5.60 Å². The maximum Gasteiger partial charge on any atom is 0.0992 e. The molecule has 0 aliphatic carbocycles. The molecule has 0 amide bonds. The van der Waals surface area contributed by atoms with Gasteiger partial charge in [0.1, 0.15) is 0 Å². The molecule has 1 atom stereocenters. The smallest absolute Gasteiger partial charge is 0.0992 e. The summed E-state index contributed by atoms with van der Waals surface area (Å²) in [5.41, 5.74) is 1.01. The molecule has 0 spiro atoms. The molecule has 3 heteroatoms. The molecular weight excluding hydrogens is 236 g/mol. The number of rotatable bonds is 5. The fourth-order valence-electron chi connectivity index (χ4n) is 2.12. The second-order valence-corrected chi connectivity index (χ2v) is 5.71. The number of hydrogen-bond acceptors (Lipinski definition) is 3. The van der Waals surface area contributed by atoms with Crippen LogP contribution in [0.4, 0.5) is 0 Å². The van der Waals surface area contributed by atoms with Crippen LogP contribution in [0.25, 0.3) is 10.9 Å². The minimum atomic E-state index is -0.862. The van der Waals surface area contributed by atoms with E-state index in [9.17, 15) is 5.11 Å². The fraction of sp³-hybridized carbons (Fsp3) is 0.438. The molecule has 0 aliphatic rings. The van der Waals surface area contributed by atoms with Gasteiger partial charge >= 0.3 is 0 Å². The van der Waals surface area contributed by atoms with E-state index in [0.717, 1.165) is 23.0 Å². The monoisotopic (exact) mass is 258 g/mol. The highest BCUT2D eigenvalue weighted by Crippen LogP contribution is 2.23. The lowest BCUT2D eigenvalue weighted by Crippen LogP contribution is -2.36. The number of nitrogens with one attached hydrogen (secondary N) is 1. The quantitative estimate of drug-likeness (QED) is 0.866. The molecular formula is C16H22N2O. The van der Waals surface area contributed by atoms with E-state index >= 15 is 0 Å². The van der Waals surface area contributed by atoms with Crippen molar-refractivity contribution >= 4 is 10.9 Å². The Balaban J connectivity index is 2.17. The average Bonchev–Trinajstić information content (AvgIpc) is 2.37. The summed E-state index contributed by atoms with van der Waals surface area (Å²) in [6.07, 6.45) is 1.78. The Hall–Kier alpha value is -1.45. The van der Waals surface area contributed by atoms with Gasteiger partial charge in [-0.05, 0) is 43.1 Å². The van der Waals surface area contributed by atoms with E-state index < -0.39 is 5.60 Å². The molecule has 2 rings (SSSR count). The van der Waals surface area contributed by atoms with Crippen molar-refractivity contribution in [2.24, 2.45) is 5.92 Å². The molecule has 0 aliphatic heterocycles. The van der Waals surface area contributed by atoms with Gasteiger partial charge in [-0.15, -0.1) is 0 Å². The first-order valence-electron chi connectivity index (χ1n) is 6.77. The van der Waals surface area contributed by atoms with Gasteiger partial charge in [-0.25, -0.2) is 0 Å². The normalized spacial score (nSPS) is 14.8. The largest absolute Gasteiger partial charge is 0.384 e. The standard InChI is InChI=1S/C16H22N2O/c1-12(2)10-17-11-16(3,19)14-6-7-15-13(9-14)5-4-8-18-15/h4-9,12,17,19H,10-11H2,1-3H3. The highest BCUT2D eigenvalue weighted by Gasteiger charge is 2.22. The van der Waals surface area contributed by atoms with E-state index in [4.69, 9.17) is 0 Å². The van der Waals surface area contributed by atoms with Gasteiger partial charge < -0.3 is 10.4 Å². The van der Waals surface area contributed by atoms with Gasteiger partial charge in [0.25, 0.3) is 0 Å². The summed E-state index contributed by atoms with van der Waals surface area (Å²) in [6, 6.07) is 9.86. The Bertz CT molecular complexity index is 549. The minimum Gasteiger partial charge on any atom is -0.384 e. The molecule has 2 N–H and O–H groups in total. The Morgan fingerprint density at radius 1 is 1.32 bits per heavy atom. The van der Waals surface area contributed by atoms with Crippen LogP contribution < -0.4 is 5.32 Å². The zero-order valence-electron chi connectivity index (χ0n) is 11.9. The molecule has 0 saturated heterocycles. The highest BCUT2D eigenvalue weighted by molar-refractivity contribution is 5.79. The number of nitrogens with zero attached hydrogens (tertiary/aromatic N) is 1. The van der Waals surface area contributed by atoms with Crippen LogP contribution in [0.2, 0.25) is 0 Å². The van der Waals surface area contributed by atoms with Crippen molar-refractivity contribution in [2.75, 3.05) is 13.1 Å². The van der Waals surface area contributed by atoms with Crippen LogP contribution >= 0.6 is 0 Å². The van der Waals surface area contributed by atoms with Crippen molar-refractivity contribution in [3.63, 3.8) is 0 Å². The molecule has 2 aromatic rings. The van der Waals surface area contributed by atoms with Crippen LogP contribution in [0.5, 0.6) is 0 Å². The zero-order chi connectivity index (χ0) is 13.9. The Morgan fingerprint density at radius 3 is 2.84 bits per heavy atom. The van der Waals surface area contributed by atoms with Gasteiger partial charge in [0, 0.05) is 18.1 Å². The van der Waals surface area contributed by atoms with Gasteiger partial charge in [-0.1, -0.05) is 26.0 Å². The molecule has 1 aromatic heterocycles. The van der Waals surface area contributed by atoms with Gasteiger partial charge in [0.2, 0.25) is 0 Å². The zero-order valence-corrected chi connectivity index (χ0v) is 11.9. The Morgan fingerprint density at radius 2 is 2.11 bits per heavy atom. The van der Waals surface area contributed by atoms with E-state index in [1.54, 1.807) is 6.20 Å². The predicted octanol–water partition coefficient (Wildman–Crippen LogP) is 2.69. The first-order chi connectivity index (χ1) is 8.99. The van der Waals surface area contributed by atoms with E-state index in [2.05, 4.69) is 24.1 Å². The lowest BCUT2D eigenvalue weighted by molar-refractivity contribution is 0.0565. The van der Waals surface area contributed by atoms with Crippen LogP contribution in [-0.4, -0.2) is 23.2 Å². The summed E-state index contributed by atoms with van der Waals surface area (Å²) in [7, 11) is 0. The van der Waals surface area contributed by atoms with E-state index in [-0.39, 0.29) is 0 Å². The van der Waals surface area contributed by atoms with Crippen molar-refractivity contribution in [2.45, 2.75) is 26.4 Å². The minimum absolute atomic E-state index is 0.553. The molecule has 3 nitrogen and oxygen atoms in total. The fourth-order valence-corrected chi connectivity index (χ4v) is 2.12. The summed E-state index contributed by atoms with van der Waals surface area (Å²) in [5.74, 6) is 0.580. The highest BCUT2D eigenvalue weighted by atomic mass is 16.3. The lowest BCUT2D eigenvalue weighted by atomic mass is 9.94. The Labute approximate surface area is 114 Å². The average molecular weight is 258 g/mol. The van der Waals surface area contributed by atoms with Crippen LogP contribution in [0.1, 0.15) is 26.3 Å². The van der Waals surface area contributed by atoms with Crippen molar-refractivity contribution in [1.82, 2.24) is 10.3 Å². The van der Waals surface area contributed by atoms with Crippen molar-refractivity contribution in [3.8, 4) is 0 Å². The molecule has 102 valence electrons.